The number of hydrogen-bond acceptors (Lipinski definition) is 5. The second-order valence-electron chi connectivity index (χ2n) is 4.92. The summed E-state index contributed by atoms with van der Waals surface area (Å²) in [5, 5.41) is 17.4. The van der Waals surface area contributed by atoms with Gasteiger partial charge in [0.05, 0.1) is 0 Å². The van der Waals surface area contributed by atoms with Crippen LogP contribution in [0, 0.1) is 0 Å². The molecule has 0 fully saturated rings. The zero-order valence-corrected chi connectivity index (χ0v) is 14.1. The number of nitrogens with zero attached hydrogens (tertiary/aromatic N) is 3. The molecule has 2 N–H and O–H groups in total. The van der Waals surface area contributed by atoms with Crippen LogP contribution >= 0.6 is 23.4 Å². The molecule has 0 saturated heterocycles. The molecule has 0 bridgehead atoms. The van der Waals surface area contributed by atoms with E-state index in [-0.39, 0.29) is 5.91 Å². The molecule has 24 heavy (non-hydrogen) atoms. The van der Waals surface area contributed by atoms with Crippen LogP contribution in [-0.4, -0.2) is 32.3 Å². The van der Waals surface area contributed by atoms with Crippen molar-refractivity contribution in [3.63, 3.8) is 0 Å². The van der Waals surface area contributed by atoms with E-state index in [1.54, 1.807) is 11.8 Å². The fourth-order valence-corrected chi connectivity index (χ4v) is 3.01. The Morgan fingerprint density at radius 1 is 1.21 bits per heavy atom. The van der Waals surface area contributed by atoms with Gasteiger partial charge in [-0.25, -0.2) is 0 Å². The molecular weight excluding hydrogens is 346 g/mol. The maximum absolute atomic E-state index is 12.1. The van der Waals surface area contributed by atoms with E-state index >= 15 is 0 Å². The fourth-order valence-electron chi connectivity index (χ4n) is 2.04. The first-order chi connectivity index (χ1) is 11.7. The van der Waals surface area contributed by atoms with Crippen molar-refractivity contribution >= 4 is 35.0 Å². The van der Waals surface area contributed by atoms with E-state index < -0.39 is 0 Å². The first-order valence-electron chi connectivity index (χ1n) is 7.23. The number of hydrogen-bond donors (Lipinski definition) is 2. The highest BCUT2D eigenvalue weighted by molar-refractivity contribution is 7.99. The number of aromatic nitrogens is 4. The van der Waals surface area contributed by atoms with Crippen LogP contribution in [-0.2, 0) is 4.79 Å². The van der Waals surface area contributed by atoms with Crippen LogP contribution in [0.2, 0.25) is 5.02 Å². The van der Waals surface area contributed by atoms with Crippen LogP contribution < -0.4 is 5.32 Å². The zero-order valence-electron chi connectivity index (χ0n) is 12.6. The van der Waals surface area contributed by atoms with Crippen molar-refractivity contribution in [1.82, 2.24) is 20.6 Å². The Kier molecular flexibility index (Phi) is 5.45. The van der Waals surface area contributed by atoms with Crippen LogP contribution in [0.1, 0.15) is 6.42 Å². The van der Waals surface area contributed by atoms with Crippen LogP contribution in [0.25, 0.3) is 11.4 Å². The summed E-state index contributed by atoms with van der Waals surface area (Å²) in [4.78, 5) is 13.1. The summed E-state index contributed by atoms with van der Waals surface area (Å²) in [7, 11) is 0. The SMILES string of the molecule is O=C(CCSc1ccc(Cl)cc1)Nc1cccc(-c2nn[nH]n2)c1. The number of aromatic amines is 1. The van der Waals surface area contributed by atoms with Gasteiger partial charge in [0.1, 0.15) is 0 Å². The van der Waals surface area contributed by atoms with Gasteiger partial charge in [-0.1, -0.05) is 23.7 Å². The average molecular weight is 360 g/mol. The Hall–Kier alpha value is -2.38. The minimum absolute atomic E-state index is 0.0401. The van der Waals surface area contributed by atoms with Crippen LogP contribution in [0.4, 0.5) is 5.69 Å². The van der Waals surface area contributed by atoms with Crippen molar-refractivity contribution in [2.45, 2.75) is 11.3 Å². The Balaban J connectivity index is 1.51. The minimum Gasteiger partial charge on any atom is -0.326 e. The van der Waals surface area contributed by atoms with E-state index in [0.29, 0.717) is 28.7 Å². The molecule has 0 aliphatic heterocycles. The lowest BCUT2D eigenvalue weighted by molar-refractivity contribution is -0.115. The maximum Gasteiger partial charge on any atom is 0.225 e. The van der Waals surface area contributed by atoms with Gasteiger partial charge < -0.3 is 5.32 Å². The Morgan fingerprint density at radius 3 is 2.79 bits per heavy atom. The number of carbonyl (C=O) groups is 1. The largest absolute Gasteiger partial charge is 0.326 e. The Bertz CT molecular complexity index is 808. The van der Waals surface area contributed by atoms with Crippen molar-refractivity contribution in [3.05, 3.63) is 53.6 Å². The van der Waals surface area contributed by atoms with E-state index in [0.717, 1.165) is 10.5 Å². The number of tetrazole rings is 1. The van der Waals surface area contributed by atoms with Gasteiger partial charge in [-0.3, -0.25) is 4.79 Å². The summed E-state index contributed by atoms with van der Waals surface area (Å²) in [5.74, 6) is 1.14. The molecule has 122 valence electrons. The molecule has 0 radical (unpaired) electrons. The van der Waals surface area contributed by atoms with Gasteiger partial charge in [0.25, 0.3) is 0 Å². The molecule has 3 aromatic rings. The third kappa shape index (κ3) is 4.56. The van der Waals surface area contributed by atoms with E-state index in [1.165, 1.54) is 0 Å². The van der Waals surface area contributed by atoms with Gasteiger partial charge in [0, 0.05) is 33.3 Å². The standard InChI is InChI=1S/C16H14ClN5OS/c17-12-4-6-14(7-5-12)24-9-8-15(23)18-13-3-1-2-11(10-13)16-19-21-22-20-16/h1-7,10H,8-9H2,(H,18,23)(H,19,20,21,22). The molecule has 0 spiro atoms. The Morgan fingerprint density at radius 2 is 2.04 bits per heavy atom. The minimum atomic E-state index is -0.0401. The highest BCUT2D eigenvalue weighted by atomic mass is 35.5. The third-order valence-corrected chi connectivity index (χ3v) is 4.43. The maximum atomic E-state index is 12.1. The topological polar surface area (TPSA) is 83.6 Å². The predicted octanol–water partition coefficient (Wildman–Crippen LogP) is 3.64. The molecule has 1 aromatic heterocycles. The normalized spacial score (nSPS) is 10.5. The molecule has 2 aromatic carbocycles. The molecule has 0 saturated carbocycles. The number of H-pyrrole nitrogens is 1. The molecule has 0 atom stereocenters. The predicted molar refractivity (Wildman–Crippen MR) is 95.0 cm³/mol. The van der Waals surface area contributed by atoms with Crippen molar-refractivity contribution < 1.29 is 4.79 Å². The smallest absolute Gasteiger partial charge is 0.225 e. The number of carbonyl (C=O) groups excluding carboxylic acids is 1. The average Bonchev–Trinajstić information content (AvgIpc) is 3.11. The number of benzene rings is 2. The molecule has 1 amide bonds. The van der Waals surface area contributed by atoms with Crippen LogP contribution in [0.3, 0.4) is 0 Å². The van der Waals surface area contributed by atoms with Crippen molar-refractivity contribution in [3.8, 4) is 11.4 Å². The lowest BCUT2D eigenvalue weighted by Crippen LogP contribution is -2.12. The molecule has 0 aliphatic rings. The fraction of sp³-hybridized carbons (Fsp3) is 0.125. The van der Waals surface area contributed by atoms with Crippen LogP contribution in [0.5, 0.6) is 0 Å². The molecule has 1 heterocycles. The summed E-state index contributed by atoms with van der Waals surface area (Å²) in [6, 6.07) is 14.9. The highest BCUT2D eigenvalue weighted by Crippen LogP contribution is 2.22. The van der Waals surface area contributed by atoms with Crippen molar-refractivity contribution in [2.75, 3.05) is 11.1 Å². The highest BCUT2D eigenvalue weighted by Gasteiger charge is 2.06. The summed E-state index contributed by atoms with van der Waals surface area (Å²) < 4.78 is 0. The van der Waals surface area contributed by atoms with Crippen molar-refractivity contribution in [1.29, 1.82) is 0 Å². The lowest BCUT2D eigenvalue weighted by atomic mass is 10.2. The van der Waals surface area contributed by atoms with Crippen molar-refractivity contribution in [2.24, 2.45) is 0 Å². The van der Waals surface area contributed by atoms with E-state index in [9.17, 15) is 4.79 Å². The monoisotopic (exact) mass is 359 g/mol. The second-order valence-corrected chi connectivity index (χ2v) is 6.52. The molecule has 0 unspecified atom stereocenters. The number of rotatable bonds is 6. The number of amides is 1. The van der Waals surface area contributed by atoms with Crippen LogP contribution in [0.15, 0.2) is 53.4 Å². The summed E-state index contributed by atoms with van der Waals surface area (Å²) in [5.41, 5.74) is 1.50. The molecule has 0 aliphatic carbocycles. The molecular formula is C16H14ClN5OS. The lowest BCUT2D eigenvalue weighted by Gasteiger charge is -2.06. The van der Waals surface area contributed by atoms with Gasteiger partial charge in [0.15, 0.2) is 0 Å². The number of thioether (sulfide) groups is 1. The summed E-state index contributed by atoms with van der Waals surface area (Å²) >= 11 is 7.47. The number of anilines is 1. The number of halogens is 1. The zero-order chi connectivity index (χ0) is 16.8. The molecule has 3 rings (SSSR count). The van der Waals surface area contributed by atoms with Gasteiger partial charge in [-0.2, -0.15) is 5.21 Å². The van der Waals surface area contributed by atoms with Gasteiger partial charge >= 0.3 is 0 Å². The van der Waals surface area contributed by atoms with Gasteiger partial charge in [-0.15, -0.1) is 22.0 Å². The summed E-state index contributed by atoms with van der Waals surface area (Å²) in [6.45, 7) is 0. The first-order valence-corrected chi connectivity index (χ1v) is 8.59. The Labute approximate surface area is 148 Å². The van der Waals surface area contributed by atoms with Gasteiger partial charge in [0.2, 0.25) is 11.7 Å². The second kappa shape index (κ2) is 7.94. The van der Waals surface area contributed by atoms with E-state index in [2.05, 4.69) is 25.9 Å². The van der Waals surface area contributed by atoms with E-state index in [4.69, 9.17) is 11.6 Å². The first kappa shape index (κ1) is 16.5. The quantitative estimate of drug-likeness (QED) is 0.656. The van der Waals surface area contributed by atoms with E-state index in [1.807, 2.05) is 48.5 Å². The summed E-state index contributed by atoms with van der Waals surface area (Å²) in [6.07, 6.45) is 0.416. The van der Waals surface area contributed by atoms with Gasteiger partial charge in [-0.05, 0) is 41.6 Å². The third-order valence-electron chi connectivity index (χ3n) is 3.16. The molecule has 6 nitrogen and oxygen atoms in total. The number of nitrogens with one attached hydrogen (secondary N) is 2. The molecule has 8 heteroatoms.